The van der Waals surface area contributed by atoms with Gasteiger partial charge in [0.15, 0.2) is 0 Å². The molecule has 23 heavy (non-hydrogen) atoms. The zero-order valence-electron chi connectivity index (χ0n) is 12.2. The fourth-order valence-electron chi connectivity index (χ4n) is 1.83. The molecular weight excluding hydrogens is 338 g/mol. The zero-order valence-corrected chi connectivity index (χ0v) is 13.8. The molecule has 0 bridgehead atoms. The molecule has 0 heterocycles. The SMILES string of the molecule is COc1cccc(SCC(=O)Nc2cc(Cl)ccc2C(=O)O)c1. The van der Waals surface area contributed by atoms with Gasteiger partial charge in [-0.05, 0) is 36.4 Å². The molecule has 0 fully saturated rings. The molecular formula is C16H14ClNO4S. The molecule has 120 valence electrons. The standard InChI is InChI=1S/C16H14ClNO4S/c1-22-11-3-2-4-12(8-11)23-9-15(19)18-14-7-10(17)5-6-13(14)16(20)21/h2-8H,9H2,1H3,(H,18,19)(H,20,21). The van der Waals surface area contributed by atoms with Crippen LogP contribution in [0.4, 0.5) is 5.69 Å². The van der Waals surface area contributed by atoms with Gasteiger partial charge >= 0.3 is 5.97 Å². The van der Waals surface area contributed by atoms with Crippen LogP contribution in [0.3, 0.4) is 0 Å². The van der Waals surface area contributed by atoms with E-state index in [0.717, 1.165) is 4.90 Å². The van der Waals surface area contributed by atoms with Crippen LogP contribution in [-0.2, 0) is 4.79 Å². The van der Waals surface area contributed by atoms with Crippen LogP contribution in [0.15, 0.2) is 47.4 Å². The predicted molar refractivity (Wildman–Crippen MR) is 90.8 cm³/mol. The van der Waals surface area contributed by atoms with Gasteiger partial charge in [-0.1, -0.05) is 17.7 Å². The number of carboxylic acids is 1. The van der Waals surface area contributed by atoms with Gasteiger partial charge in [-0.25, -0.2) is 4.79 Å². The van der Waals surface area contributed by atoms with Crippen molar-refractivity contribution in [1.82, 2.24) is 0 Å². The maximum Gasteiger partial charge on any atom is 0.337 e. The summed E-state index contributed by atoms with van der Waals surface area (Å²) in [6.07, 6.45) is 0. The number of halogens is 1. The lowest BCUT2D eigenvalue weighted by Crippen LogP contribution is -2.16. The summed E-state index contributed by atoms with van der Waals surface area (Å²) in [6.45, 7) is 0. The Kier molecular flexibility index (Phi) is 5.90. The van der Waals surface area contributed by atoms with E-state index in [2.05, 4.69) is 5.32 Å². The highest BCUT2D eigenvalue weighted by Crippen LogP contribution is 2.24. The van der Waals surface area contributed by atoms with Gasteiger partial charge in [-0.2, -0.15) is 0 Å². The summed E-state index contributed by atoms with van der Waals surface area (Å²) in [5, 5.41) is 12.0. The van der Waals surface area contributed by atoms with E-state index < -0.39 is 5.97 Å². The summed E-state index contributed by atoms with van der Waals surface area (Å²) in [6, 6.07) is 11.6. The number of benzene rings is 2. The lowest BCUT2D eigenvalue weighted by atomic mass is 10.2. The number of carbonyl (C=O) groups is 2. The van der Waals surface area contributed by atoms with Crippen LogP contribution in [0.25, 0.3) is 0 Å². The summed E-state index contributed by atoms with van der Waals surface area (Å²) in [5.41, 5.74) is 0.176. The van der Waals surface area contributed by atoms with Crippen molar-refractivity contribution in [3.8, 4) is 5.75 Å². The topological polar surface area (TPSA) is 75.6 Å². The van der Waals surface area contributed by atoms with Gasteiger partial charge in [0.25, 0.3) is 0 Å². The van der Waals surface area contributed by atoms with Crippen LogP contribution < -0.4 is 10.1 Å². The molecule has 0 aliphatic rings. The fourth-order valence-corrected chi connectivity index (χ4v) is 2.75. The van der Waals surface area contributed by atoms with Crippen molar-refractivity contribution in [2.24, 2.45) is 0 Å². The van der Waals surface area contributed by atoms with Gasteiger partial charge < -0.3 is 15.2 Å². The molecule has 2 aromatic rings. The van der Waals surface area contributed by atoms with Crippen molar-refractivity contribution in [2.75, 3.05) is 18.2 Å². The van der Waals surface area contributed by atoms with Gasteiger partial charge in [0, 0.05) is 9.92 Å². The maximum atomic E-state index is 12.0. The first kappa shape index (κ1) is 17.2. The van der Waals surface area contributed by atoms with Crippen LogP contribution >= 0.6 is 23.4 Å². The Morgan fingerprint density at radius 3 is 2.74 bits per heavy atom. The van der Waals surface area contributed by atoms with Crippen LogP contribution in [0.5, 0.6) is 5.75 Å². The van der Waals surface area contributed by atoms with Crippen molar-refractivity contribution in [2.45, 2.75) is 4.90 Å². The number of methoxy groups -OCH3 is 1. The van der Waals surface area contributed by atoms with Crippen LogP contribution in [0.2, 0.25) is 5.02 Å². The third kappa shape index (κ3) is 4.91. The summed E-state index contributed by atoms with van der Waals surface area (Å²) < 4.78 is 5.12. The number of rotatable bonds is 6. The molecule has 2 aromatic carbocycles. The van der Waals surface area contributed by atoms with Crippen LogP contribution in [-0.4, -0.2) is 29.8 Å². The molecule has 7 heteroatoms. The Labute approximate surface area is 142 Å². The van der Waals surface area contributed by atoms with E-state index in [4.69, 9.17) is 21.4 Å². The Morgan fingerprint density at radius 2 is 2.04 bits per heavy atom. The van der Waals surface area contributed by atoms with Crippen LogP contribution in [0, 0.1) is 0 Å². The molecule has 0 aliphatic heterocycles. The maximum absolute atomic E-state index is 12.0. The molecule has 0 spiro atoms. The largest absolute Gasteiger partial charge is 0.497 e. The number of anilines is 1. The van der Waals surface area contributed by atoms with Gasteiger partial charge in [-0.15, -0.1) is 11.8 Å². The lowest BCUT2D eigenvalue weighted by Gasteiger charge is -2.09. The Balaban J connectivity index is 2.02. The Bertz CT molecular complexity index is 736. The van der Waals surface area contributed by atoms with Gasteiger partial charge in [0.05, 0.1) is 24.1 Å². The second kappa shape index (κ2) is 7.89. The molecule has 1 amide bonds. The molecule has 0 aromatic heterocycles. The number of carboxylic acid groups (broad SMARTS) is 1. The average Bonchev–Trinajstić information content (AvgIpc) is 2.53. The normalized spacial score (nSPS) is 10.2. The number of thioether (sulfide) groups is 1. The van der Waals surface area contributed by atoms with E-state index in [1.807, 2.05) is 24.3 Å². The quantitative estimate of drug-likeness (QED) is 0.775. The molecule has 5 nitrogen and oxygen atoms in total. The Morgan fingerprint density at radius 1 is 1.26 bits per heavy atom. The van der Waals surface area contributed by atoms with E-state index in [1.54, 1.807) is 7.11 Å². The van der Waals surface area contributed by atoms with Crippen LogP contribution in [0.1, 0.15) is 10.4 Å². The van der Waals surface area contributed by atoms with E-state index in [9.17, 15) is 9.59 Å². The Hall–Kier alpha value is -2.18. The molecule has 0 saturated carbocycles. The highest BCUT2D eigenvalue weighted by molar-refractivity contribution is 8.00. The predicted octanol–water partition coefficient (Wildman–Crippen LogP) is 3.78. The molecule has 0 radical (unpaired) electrons. The van der Waals surface area contributed by atoms with E-state index in [0.29, 0.717) is 10.8 Å². The fraction of sp³-hybridized carbons (Fsp3) is 0.125. The minimum absolute atomic E-state index is 0.00543. The molecule has 0 aliphatic carbocycles. The number of hydrogen-bond acceptors (Lipinski definition) is 4. The van der Waals surface area contributed by atoms with Gasteiger partial charge in [0.1, 0.15) is 5.75 Å². The van der Waals surface area contributed by atoms with Crippen molar-refractivity contribution >= 4 is 40.9 Å². The minimum Gasteiger partial charge on any atom is -0.497 e. The summed E-state index contributed by atoms with van der Waals surface area (Å²) in [7, 11) is 1.57. The number of carbonyl (C=O) groups excluding carboxylic acids is 1. The van der Waals surface area contributed by atoms with Gasteiger partial charge in [0.2, 0.25) is 5.91 Å². The number of amides is 1. The number of ether oxygens (including phenoxy) is 1. The van der Waals surface area contributed by atoms with Gasteiger partial charge in [-0.3, -0.25) is 4.79 Å². The first-order chi connectivity index (χ1) is 11.0. The number of hydrogen-bond donors (Lipinski definition) is 2. The lowest BCUT2D eigenvalue weighted by molar-refractivity contribution is -0.113. The van der Waals surface area contributed by atoms with Crippen molar-refractivity contribution in [3.63, 3.8) is 0 Å². The third-order valence-electron chi connectivity index (χ3n) is 2.90. The third-order valence-corrected chi connectivity index (χ3v) is 4.13. The minimum atomic E-state index is -1.13. The highest BCUT2D eigenvalue weighted by atomic mass is 35.5. The smallest absolute Gasteiger partial charge is 0.337 e. The van der Waals surface area contributed by atoms with Crippen molar-refractivity contribution in [1.29, 1.82) is 0 Å². The molecule has 2 N–H and O–H groups in total. The monoisotopic (exact) mass is 351 g/mol. The van der Waals surface area contributed by atoms with Crippen molar-refractivity contribution < 1.29 is 19.4 Å². The number of aromatic carboxylic acids is 1. The molecule has 0 unspecified atom stereocenters. The van der Waals surface area contributed by atoms with Crippen molar-refractivity contribution in [3.05, 3.63) is 53.1 Å². The van der Waals surface area contributed by atoms with E-state index >= 15 is 0 Å². The summed E-state index contributed by atoms with van der Waals surface area (Å²) >= 11 is 7.17. The zero-order chi connectivity index (χ0) is 16.8. The van der Waals surface area contributed by atoms with E-state index in [-0.39, 0.29) is 22.9 Å². The second-order valence-corrected chi connectivity index (χ2v) is 6.00. The van der Waals surface area contributed by atoms with E-state index in [1.165, 1.54) is 30.0 Å². The summed E-state index contributed by atoms with van der Waals surface area (Å²) in [4.78, 5) is 24.1. The molecule has 0 saturated heterocycles. The highest BCUT2D eigenvalue weighted by Gasteiger charge is 2.13. The second-order valence-electron chi connectivity index (χ2n) is 4.51. The molecule has 0 atom stereocenters. The summed E-state index contributed by atoms with van der Waals surface area (Å²) in [5.74, 6) is -0.600. The average molecular weight is 352 g/mol. The first-order valence-corrected chi connectivity index (χ1v) is 7.95. The number of nitrogens with one attached hydrogen (secondary N) is 1. The first-order valence-electron chi connectivity index (χ1n) is 6.59. The molecule has 2 rings (SSSR count).